The molecule has 2 atom stereocenters. The molecule has 0 radical (unpaired) electrons. The summed E-state index contributed by atoms with van der Waals surface area (Å²) < 4.78 is 26.1. The number of carbonyl (C=O) groups is 1. The number of rotatable bonds is 14. The molecule has 0 bridgehead atoms. The molecule has 2 N–H and O–H groups in total. The summed E-state index contributed by atoms with van der Waals surface area (Å²) in [5, 5.41) is 12.0. The number of halogens is 2. The fourth-order valence-corrected chi connectivity index (χ4v) is 5.42. The van der Waals surface area contributed by atoms with Gasteiger partial charge in [-0.2, -0.15) is 11.8 Å². The van der Waals surface area contributed by atoms with Gasteiger partial charge in [-0.3, -0.25) is 4.79 Å². The van der Waals surface area contributed by atoms with Gasteiger partial charge in [-0.05, 0) is 59.7 Å². The number of aliphatic hydroxyl groups is 1. The number of benzene rings is 3. The molecule has 0 aliphatic carbocycles. The van der Waals surface area contributed by atoms with Crippen LogP contribution in [0.4, 0.5) is 4.39 Å². The molecule has 1 aliphatic rings. The molecular formula is C31H32BrFN2O4S. The van der Waals surface area contributed by atoms with Crippen molar-refractivity contribution < 1.29 is 23.8 Å². The van der Waals surface area contributed by atoms with Crippen LogP contribution in [-0.4, -0.2) is 48.0 Å². The summed E-state index contributed by atoms with van der Waals surface area (Å²) in [4.78, 5) is 18.7. The van der Waals surface area contributed by atoms with E-state index in [0.717, 1.165) is 26.9 Å². The van der Waals surface area contributed by atoms with E-state index in [0.29, 0.717) is 37.0 Å². The highest BCUT2D eigenvalue weighted by Gasteiger charge is 2.52. The van der Waals surface area contributed by atoms with Crippen molar-refractivity contribution >= 4 is 39.5 Å². The van der Waals surface area contributed by atoms with Crippen molar-refractivity contribution in [1.29, 1.82) is 0 Å². The zero-order valence-corrected chi connectivity index (χ0v) is 24.4. The smallest absolute Gasteiger partial charge is 0.252 e. The normalized spacial score (nSPS) is 18.1. The minimum absolute atomic E-state index is 0.0700. The number of nitrogens with zero attached hydrogens (tertiary/aromatic N) is 1. The molecule has 0 saturated heterocycles. The van der Waals surface area contributed by atoms with Crippen LogP contribution in [0.15, 0.2) is 94.9 Å². The van der Waals surface area contributed by atoms with Gasteiger partial charge in [0.05, 0.1) is 6.61 Å². The van der Waals surface area contributed by atoms with Crippen molar-refractivity contribution in [2.45, 2.75) is 30.2 Å². The monoisotopic (exact) mass is 626 g/mol. The third-order valence-corrected chi connectivity index (χ3v) is 7.93. The van der Waals surface area contributed by atoms with Gasteiger partial charge in [-0.1, -0.05) is 46.3 Å². The predicted molar refractivity (Wildman–Crippen MR) is 161 cm³/mol. The van der Waals surface area contributed by atoms with Gasteiger partial charge in [0.25, 0.3) is 5.91 Å². The molecule has 3 aromatic carbocycles. The highest BCUT2D eigenvalue weighted by molar-refractivity contribution is 9.10. The Kier molecular flexibility index (Phi) is 10.8. The van der Waals surface area contributed by atoms with Gasteiger partial charge in [-0.15, -0.1) is 6.58 Å². The van der Waals surface area contributed by atoms with Crippen LogP contribution in [0.1, 0.15) is 35.6 Å². The van der Waals surface area contributed by atoms with E-state index in [1.807, 2.05) is 48.5 Å². The second-order valence-corrected chi connectivity index (χ2v) is 11.3. The Balaban J connectivity index is 1.51. The van der Waals surface area contributed by atoms with Crippen LogP contribution in [-0.2, 0) is 15.3 Å². The maximum atomic E-state index is 13.8. The van der Waals surface area contributed by atoms with E-state index in [2.05, 4.69) is 27.8 Å². The first-order valence-electron chi connectivity index (χ1n) is 13.0. The molecule has 1 amide bonds. The van der Waals surface area contributed by atoms with Crippen molar-refractivity contribution in [1.82, 2.24) is 5.32 Å². The average Bonchev–Trinajstić information content (AvgIpc) is 3.35. The van der Waals surface area contributed by atoms with Crippen LogP contribution in [0, 0.1) is 5.82 Å². The number of ether oxygens (including phenoxy) is 2. The zero-order valence-electron chi connectivity index (χ0n) is 22.0. The number of hydrogen-bond donors (Lipinski definition) is 2. The largest absolute Gasteiger partial charge is 0.494 e. The average molecular weight is 628 g/mol. The van der Waals surface area contributed by atoms with Crippen molar-refractivity contribution in [3.05, 3.63) is 112 Å². The summed E-state index contributed by atoms with van der Waals surface area (Å²) in [7, 11) is 0. The van der Waals surface area contributed by atoms with Crippen molar-refractivity contribution in [3.63, 3.8) is 0 Å². The Morgan fingerprint density at radius 2 is 1.88 bits per heavy atom. The number of amides is 1. The molecule has 0 unspecified atom stereocenters. The third kappa shape index (κ3) is 7.53. The zero-order chi connectivity index (χ0) is 28.4. The molecule has 0 spiro atoms. The molecular weight excluding hydrogens is 595 g/mol. The van der Waals surface area contributed by atoms with E-state index >= 15 is 0 Å². The van der Waals surface area contributed by atoms with Crippen molar-refractivity contribution in [2.24, 2.45) is 4.99 Å². The molecule has 210 valence electrons. The van der Waals surface area contributed by atoms with Crippen LogP contribution in [0.3, 0.4) is 0 Å². The van der Waals surface area contributed by atoms with E-state index in [9.17, 15) is 9.18 Å². The first kappa shape index (κ1) is 29.8. The van der Waals surface area contributed by atoms with E-state index in [4.69, 9.17) is 19.6 Å². The van der Waals surface area contributed by atoms with Gasteiger partial charge in [0, 0.05) is 47.5 Å². The minimum Gasteiger partial charge on any atom is -0.494 e. The molecule has 4 rings (SSSR count). The van der Waals surface area contributed by atoms with Crippen LogP contribution in [0.25, 0.3) is 0 Å². The molecule has 0 aromatic heterocycles. The Bertz CT molecular complexity index is 1300. The van der Waals surface area contributed by atoms with Crippen LogP contribution in [0.5, 0.6) is 5.75 Å². The topological polar surface area (TPSA) is 80.2 Å². The lowest BCUT2D eigenvalue weighted by Crippen LogP contribution is -2.48. The molecule has 1 aliphatic heterocycles. The number of hydrogen-bond acceptors (Lipinski definition) is 6. The Morgan fingerprint density at radius 1 is 1.15 bits per heavy atom. The van der Waals surface area contributed by atoms with Gasteiger partial charge < -0.3 is 19.9 Å². The van der Waals surface area contributed by atoms with Gasteiger partial charge in [0.2, 0.25) is 5.90 Å². The summed E-state index contributed by atoms with van der Waals surface area (Å²) in [5.41, 5.74) is 1.35. The Hall–Kier alpha value is -3.14. The molecule has 3 aromatic rings. The Morgan fingerprint density at radius 3 is 2.55 bits per heavy atom. The third-order valence-electron chi connectivity index (χ3n) is 6.37. The summed E-state index contributed by atoms with van der Waals surface area (Å²) in [5.74, 6) is 1.97. The fourth-order valence-electron chi connectivity index (χ4n) is 4.33. The van der Waals surface area contributed by atoms with Crippen LogP contribution in [0.2, 0.25) is 0 Å². The number of thioether (sulfide) groups is 1. The Labute approximate surface area is 246 Å². The summed E-state index contributed by atoms with van der Waals surface area (Å²) in [6, 6.07) is 21.4. The summed E-state index contributed by atoms with van der Waals surface area (Å²) >= 11 is 5.14. The van der Waals surface area contributed by atoms with E-state index in [1.165, 1.54) is 12.1 Å². The fraction of sp³-hybridized carbons (Fsp3) is 0.290. The van der Waals surface area contributed by atoms with Crippen LogP contribution < -0.4 is 10.1 Å². The van der Waals surface area contributed by atoms with E-state index in [1.54, 1.807) is 30.0 Å². The predicted octanol–water partition coefficient (Wildman–Crippen LogP) is 6.23. The first-order valence-corrected chi connectivity index (χ1v) is 15.0. The van der Waals surface area contributed by atoms with E-state index < -0.39 is 11.6 Å². The molecule has 40 heavy (non-hydrogen) atoms. The van der Waals surface area contributed by atoms with E-state index in [-0.39, 0.29) is 24.8 Å². The lowest BCUT2D eigenvalue weighted by Gasteiger charge is -2.29. The standard InChI is InChI=1S/C31H32BrFN2O4S/c1-2-16-31(30(37)34-17-20-40-21-22-4-12-26(33)13-5-22)28(23-6-10-25(32)11-7-23)39-29(35-31)24-8-14-27(15-9-24)38-19-3-18-36/h2,4-15,28,36H,1,3,16-21H2,(H,34,37)/t28-,31-/m1/s1. The molecule has 1 heterocycles. The highest BCUT2D eigenvalue weighted by atomic mass is 79.9. The number of aliphatic hydroxyl groups excluding tert-OH is 1. The minimum atomic E-state index is -1.23. The number of nitrogens with one attached hydrogen (secondary N) is 1. The quantitative estimate of drug-likeness (QED) is 0.164. The second kappa shape index (κ2) is 14.5. The lowest BCUT2D eigenvalue weighted by molar-refractivity contribution is -0.128. The second-order valence-electron chi connectivity index (χ2n) is 9.27. The van der Waals surface area contributed by atoms with Crippen LogP contribution >= 0.6 is 27.7 Å². The summed E-state index contributed by atoms with van der Waals surface area (Å²) in [6.45, 7) is 4.85. The highest BCUT2D eigenvalue weighted by Crippen LogP contribution is 2.43. The molecule has 0 fully saturated rings. The molecule has 6 nitrogen and oxygen atoms in total. The lowest BCUT2D eigenvalue weighted by atomic mass is 9.84. The van der Waals surface area contributed by atoms with Gasteiger partial charge in [-0.25, -0.2) is 9.38 Å². The van der Waals surface area contributed by atoms with Crippen molar-refractivity contribution in [2.75, 3.05) is 25.5 Å². The maximum absolute atomic E-state index is 13.8. The first-order chi connectivity index (χ1) is 19.4. The molecule has 9 heteroatoms. The SMILES string of the molecule is C=CC[C@@]1(C(=O)NCCSCc2ccc(F)cc2)N=C(c2ccc(OCCCO)cc2)O[C@@H]1c1ccc(Br)cc1. The number of aliphatic imine (C=N–C) groups is 1. The van der Waals surface area contributed by atoms with Gasteiger partial charge in [0.15, 0.2) is 11.6 Å². The number of carbonyl (C=O) groups excluding carboxylic acids is 1. The van der Waals surface area contributed by atoms with Crippen molar-refractivity contribution in [3.8, 4) is 5.75 Å². The molecule has 0 saturated carbocycles. The van der Waals surface area contributed by atoms with Gasteiger partial charge >= 0.3 is 0 Å². The summed E-state index contributed by atoms with van der Waals surface area (Å²) in [6.07, 6.45) is 1.88. The maximum Gasteiger partial charge on any atom is 0.252 e. The van der Waals surface area contributed by atoms with Gasteiger partial charge in [0.1, 0.15) is 11.6 Å².